The fraction of sp³-hybridized carbons (Fsp3) is 0.812. The molecule has 0 radical (unpaired) electrons. The highest BCUT2D eigenvalue weighted by Crippen LogP contribution is 2.05. The van der Waals surface area contributed by atoms with E-state index in [9.17, 15) is 4.79 Å². The molecular weight excluding hydrogens is 254 g/mol. The Kier molecular flexibility index (Phi) is 13.9. The number of esters is 1. The molecule has 4 nitrogen and oxygen atoms in total. The lowest BCUT2D eigenvalue weighted by Gasteiger charge is -2.20. The van der Waals surface area contributed by atoms with E-state index >= 15 is 0 Å². The fourth-order valence-electron chi connectivity index (χ4n) is 2.05. The number of allylic oxidation sites excluding steroid dienone is 1. The van der Waals surface area contributed by atoms with Crippen molar-refractivity contribution in [2.75, 3.05) is 32.8 Å². The Hall–Kier alpha value is -0.870. The standard InChI is InChI=1S/C16H31NO3/c1-3-5-6-7-8-9-11-17(12-14-18)13-15-20-16(19)10-4-2/h4,10,18H,3,5-9,11-15H2,1-2H3/b10-4+. The lowest BCUT2D eigenvalue weighted by molar-refractivity contribution is -0.138. The highest BCUT2D eigenvalue weighted by atomic mass is 16.5. The molecule has 118 valence electrons. The van der Waals surface area contributed by atoms with E-state index in [4.69, 9.17) is 9.84 Å². The van der Waals surface area contributed by atoms with Crippen LogP contribution in [0.25, 0.3) is 0 Å². The van der Waals surface area contributed by atoms with Gasteiger partial charge in [-0.05, 0) is 19.9 Å². The molecule has 0 aliphatic heterocycles. The second-order valence-electron chi connectivity index (χ2n) is 5.00. The van der Waals surface area contributed by atoms with Crippen LogP contribution < -0.4 is 0 Å². The van der Waals surface area contributed by atoms with Crippen LogP contribution in [0.5, 0.6) is 0 Å². The second kappa shape index (κ2) is 14.5. The van der Waals surface area contributed by atoms with E-state index in [1.807, 2.05) is 0 Å². The molecule has 0 atom stereocenters. The summed E-state index contributed by atoms with van der Waals surface area (Å²) in [6.45, 7) is 6.86. The van der Waals surface area contributed by atoms with Crippen LogP contribution in [0.2, 0.25) is 0 Å². The van der Waals surface area contributed by atoms with Gasteiger partial charge in [-0.1, -0.05) is 45.1 Å². The van der Waals surface area contributed by atoms with Crippen LogP contribution in [-0.4, -0.2) is 48.8 Å². The minimum absolute atomic E-state index is 0.151. The summed E-state index contributed by atoms with van der Waals surface area (Å²) in [6.07, 6.45) is 10.7. The molecule has 0 unspecified atom stereocenters. The van der Waals surface area contributed by atoms with Gasteiger partial charge in [0.2, 0.25) is 0 Å². The molecule has 0 amide bonds. The van der Waals surface area contributed by atoms with Crippen LogP contribution in [0, 0.1) is 0 Å². The van der Waals surface area contributed by atoms with Gasteiger partial charge in [0, 0.05) is 19.2 Å². The van der Waals surface area contributed by atoms with Gasteiger partial charge in [0.1, 0.15) is 6.61 Å². The van der Waals surface area contributed by atoms with E-state index in [0.29, 0.717) is 19.7 Å². The molecule has 0 rings (SSSR count). The third kappa shape index (κ3) is 12.2. The number of carbonyl (C=O) groups excluding carboxylic acids is 1. The van der Waals surface area contributed by atoms with Gasteiger partial charge in [0.25, 0.3) is 0 Å². The van der Waals surface area contributed by atoms with E-state index in [2.05, 4.69) is 11.8 Å². The minimum Gasteiger partial charge on any atom is -0.461 e. The summed E-state index contributed by atoms with van der Waals surface area (Å²) in [4.78, 5) is 13.3. The second-order valence-corrected chi connectivity index (χ2v) is 5.00. The number of aliphatic hydroxyl groups excluding tert-OH is 1. The van der Waals surface area contributed by atoms with Crippen molar-refractivity contribution in [3.8, 4) is 0 Å². The van der Waals surface area contributed by atoms with Gasteiger partial charge < -0.3 is 9.84 Å². The number of ether oxygens (including phenoxy) is 1. The van der Waals surface area contributed by atoms with E-state index in [0.717, 1.165) is 13.0 Å². The zero-order valence-electron chi connectivity index (χ0n) is 13.1. The summed E-state index contributed by atoms with van der Waals surface area (Å²) in [7, 11) is 0. The van der Waals surface area contributed by atoms with Crippen LogP contribution in [0.1, 0.15) is 52.4 Å². The quantitative estimate of drug-likeness (QED) is 0.321. The Balaban J connectivity index is 3.67. The summed E-state index contributed by atoms with van der Waals surface area (Å²) >= 11 is 0. The highest BCUT2D eigenvalue weighted by molar-refractivity contribution is 5.81. The van der Waals surface area contributed by atoms with Crippen LogP contribution in [0.3, 0.4) is 0 Å². The summed E-state index contributed by atoms with van der Waals surface area (Å²) < 4.78 is 5.07. The average Bonchev–Trinajstić information content (AvgIpc) is 2.43. The van der Waals surface area contributed by atoms with Crippen molar-refractivity contribution >= 4 is 5.97 Å². The van der Waals surface area contributed by atoms with Crippen LogP contribution in [-0.2, 0) is 9.53 Å². The smallest absolute Gasteiger partial charge is 0.330 e. The zero-order valence-corrected chi connectivity index (χ0v) is 13.1. The molecule has 0 aromatic carbocycles. The lowest BCUT2D eigenvalue weighted by Crippen LogP contribution is -2.31. The molecule has 0 aromatic heterocycles. The third-order valence-corrected chi connectivity index (χ3v) is 3.20. The maximum atomic E-state index is 11.2. The predicted molar refractivity (Wildman–Crippen MR) is 82.7 cm³/mol. The fourth-order valence-corrected chi connectivity index (χ4v) is 2.05. The van der Waals surface area contributed by atoms with Crippen molar-refractivity contribution in [3.63, 3.8) is 0 Å². The van der Waals surface area contributed by atoms with Crippen LogP contribution in [0.15, 0.2) is 12.2 Å². The molecule has 4 heteroatoms. The number of unbranched alkanes of at least 4 members (excludes halogenated alkanes) is 5. The first kappa shape index (κ1) is 19.1. The van der Waals surface area contributed by atoms with E-state index < -0.39 is 0 Å². The predicted octanol–water partition coefficient (Wildman–Crippen LogP) is 2.76. The van der Waals surface area contributed by atoms with Gasteiger partial charge in [0.05, 0.1) is 6.61 Å². The topological polar surface area (TPSA) is 49.8 Å². The lowest BCUT2D eigenvalue weighted by atomic mass is 10.1. The molecule has 0 saturated heterocycles. The van der Waals surface area contributed by atoms with Crippen molar-refractivity contribution < 1.29 is 14.6 Å². The number of rotatable bonds is 13. The summed E-state index contributed by atoms with van der Waals surface area (Å²) in [6, 6.07) is 0. The Morgan fingerprint density at radius 1 is 1.10 bits per heavy atom. The molecule has 0 aromatic rings. The van der Waals surface area contributed by atoms with Gasteiger partial charge in [-0.3, -0.25) is 4.90 Å². The largest absolute Gasteiger partial charge is 0.461 e. The molecule has 0 bridgehead atoms. The summed E-state index contributed by atoms with van der Waals surface area (Å²) in [5.41, 5.74) is 0. The number of hydrogen-bond donors (Lipinski definition) is 1. The maximum Gasteiger partial charge on any atom is 0.330 e. The average molecular weight is 285 g/mol. The van der Waals surface area contributed by atoms with Crippen molar-refractivity contribution in [2.24, 2.45) is 0 Å². The SMILES string of the molecule is C/C=C/C(=O)OCCN(CCO)CCCCCCCC. The first-order chi connectivity index (χ1) is 9.74. The van der Waals surface area contributed by atoms with Gasteiger partial charge in [-0.2, -0.15) is 0 Å². The Bertz CT molecular complexity index is 254. The minimum atomic E-state index is -0.295. The first-order valence-electron chi connectivity index (χ1n) is 7.87. The highest BCUT2D eigenvalue weighted by Gasteiger charge is 2.05. The van der Waals surface area contributed by atoms with Crippen molar-refractivity contribution in [3.05, 3.63) is 12.2 Å². The number of aliphatic hydroxyl groups is 1. The zero-order chi connectivity index (χ0) is 15.1. The molecule has 0 aliphatic rings. The van der Waals surface area contributed by atoms with Gasteiger partial charge in [-0.25, -0.2) is 4.79 Å². The summed E-state index contributed by atoms with van der Waals surface area (Å²) in [5, 5.41) is 9.04. The Morgan fingerprint density at radius 2 is 1.80 bits per heavy atom. The van der Waals surface area contributed by atoms with E-state index in [-0.39, 0.29) is 12.6 Å². The van der Waals surface area contributed by atoms with E-state index in [1.54, 1.807) is 13.0 Å². The number of carbonyl (C=O) groups is 1. The normalized spacial score (nSPS) is 11.4. The van der Waals surface area contributed by atoms with Gasteiger partial charge >= 0.3 is 5.97 Å². The molecule has 20 heavy (non-hydrogen) atoms. The van der Waals surface area contributed by atoms with Crippen LogP contribution >= 0.6 is 0 Å². The summed E-state index contributed by atoms with van der Waals surface area (Å²) in [5.74, 6) is -0.295. The maximum absolute atomic E-state index is 11.2. The van der Waals surface area contributed by atoms with Crippen molar-refractivity contribution in [1.82, 2.24) is 4.90 Å². The van der Waals surface area contributed by atoms with Crippen molar-refractivity contribution in [2.45, 2.75) is 52.4 Å². The van der Waals surface area contributed by atoms with Gasteiger partial charge in [-0.15, -0.1) is 0 Å². The number of hydrogen-bond acceptors (Lipinski definition) is 4. The van der Waals surface area contributed by atoms with Gasteiger partial charge in [0.15, 0.2) is 0 Å². The molecule has 0 heterocycles. The molecule has 1 N–H and O–H groups in total. The number of nitrogens with zero attached hydrogens (tertiary/aromatic N) is 1. The Morgan fingerprint density at radius 3 is 2.45 bits per heavy atom. The molecule has 0 spiro atoms. The third-order valence-electron chi connectivity index (χ3n) is 3.20. The molecule has 0 saturated carbocycles. The van der Waals surface area contributed by atoms with Crippen LogP contribution in [0.4, 0.5) is 0 Å². The van der Waals surface area contributed by atoms with E-state index in [1.165, 1.54) is 38.2 Å². The molecule has 0 fully saturated rings. The molecular formula is C16H31NO3. The first-order valence-corrected chi connectivity index (χ1v) is 7.87. The van der Waals surface area contributed by atoms with Crippen molar-refractivity contribution in [1.29, 1.82) is 0 Å². The monoisotopic (exact) mass is 285 g/mol. The Labute approximate surface area is 123 Å². The molecule has 0 aliphatic carbocycles.